The van der Waals surface area contributed by atoms with Gasteiger partial charge in [0.1, 0.15) is 29.1 Å². The molecular formula is C26H30K2N2O13. The average Bonchev–Trinajstić information content (AvgIpc) is 3.29. The van der Waals surface area contributed by atoms with Crippen LogP contribution in [0, 0.1) is 0 Å². The Balaban J connectivity index is 0. The normalized spacial score (nSPS) is 12.3. The number of hydrogen-bond acceptors (Lipinski definition) is 14. The summed E-state index contributed by atoms with van der Waals surface area (Å²) in [7, 11) is 1.26. The molecule has 0 aliphatic carbocycles. The number of ether oxygens (including phenoxy) is 3. The fourth-order valence-corrected chi connectivity index (χ4v) is 2.74. The summed E-state index contributed by atoms with van der Waals surface area (Å²) in [6.45, 7) is 8.31. The number of benzene rings is 2. The van der Waals surface area contributed by atoms with Gasteiger partial charge in [0.25, 0.3) is 18.0 Å². The number of hydrogen-bond donors (Lipinski definition) is 3. The maximum atomic E-state index is 11.2. The van der Waals surface area contributed by atoms with Gasteiger partial charge in [-0.15, -0.1) is 0 Å². The first-order valence-corrected chi connectivity index (χ1v) is 11.7. The van der Waals surface area contributed by atoms with Gasteiger partial charge in [0, 0.05) is 12.1 Å². The molecular weight excluding hydrogens is 626 g/mol. The number of aromatic hydroxyl groups is 1. The Hall–Kier alpha value is -1.46. The number of epoxide rings is 1. The summed E-state index contributed by atoms with van der Waals surface area (Å²) >= 11 is 0. The van der Waals surface area contributed by atoms with Crippen LogP contribution in [-0.4, -0.2) is 75.6 Å². The molecule has 0 amide bonds. The molecule has 1 saturated heterocycles. The molecule has 4 aromatic rings. The third-order valence-electron chi connectivity index (χ3n) is 4.83. The standard InChI is InChI=1S/C12H13NO5.C9H7NO4.C4H8O.CH2O3.2K.H/c1-12(2,16)6-17-7-3-4-8-9(5-7)13-18-10(8)11(14)15;1-13-9(12)8-6-3-2-5(11)4-7(6)10-14-8;1-4(2)3-5-4;2-1-4-3;;;/h3-5,16H,6H2,1-2H3,(H,14,15);2-4,11H,1H3;3H2,1-2H3;1,3H;;;/q;;;;2*+1;-1/p-1. The van der Waals surface area contributed by atoms with Gasteiger partial charge in [0.15, 0.2) is 0 Å². The quantitative estimate of drug-likeness (QED) is 0.0454. The van der Waals surface area contributed by atoms with E-state index < -0.39 is 17.5 Å². The zero-order valence-electron chi connectivity index (χ0n) is 25.8. The van der Waals surface area contributed by atoms with Crippen molar-refractivity contribution in [3.63, 3.8) is 0 Å². The Morgan fingerprint density at radius 3 is 2.02 bits per heavy atom. The second-order valence-electron chi connectivity index (χ2n) is 9.54. The van der Waals surface area contributed by atoms with Crippen molar-refractivity contribution >= 4 is 40.2 Å². The van der Waals surface area contributed by atoms with Gasteiger partial charge in [0.05, 0.1) is 35.7 Å². The van der Waals surface area contributed by atoms with Crippen LogP contribution < -0.4 is 113 Å². The molecule has 1 aliphatic rings. The molecule has 15 nitrogen and oxygen atoms in total. The van der Waals surface area contributed by atoms with Crippen LogP contribution in [0.4, 0.5) is 0 Å². The summed E-state index contributed by atoms with van der Waals surface area (Å²) in [6.07, 6.45) is 0. The predicted molar refractivity (Wildman–Crippen MR) is 138 cm³/mol. The van der Waals surface area contributed by atoms with E-state index in [0.29, 0.717) is 27.6 Å². The van der Waals surface area contributed by atoms with Crippen molar-refractivity contribution in [2.75, 3.05) is 20.3 Å². The molecule has 224 valence electrons. The maximum absolute atomic E-state index is 11.2. The topological polar surface area (TPSA) is 227 Å². The summed E-state index contributed by atoms with van der Waals surface area (Å²) in [5.74, 6) is -1.33. The second-order valence-corrected chi connectivity index (χ2v) is 9.54. The van der Waals surface area contributed by atoms with Crippen LogP contribution in [-0.2, 0) is 19.2 Å². The Morgan fingerprint density at radius 2 is 1.56 bits per heavy atom. The minimum atomic E-state index is -1.16. The number of fused-ring (bicyclic) bond motifs is 2. The number of methoxy groups -OCH3 is 1. The number of carbonyl (C=O) groups is 3. The number of nitrogens with zero attached hydrogens (tertiary/aromatic N) is 2. The van der Waals surface area contributed by atoms with Crippen molar-refractivity contribution in [2.24, 2.45) is 0 Å². The van der Waals surface area contributed by atoms with Gasteiger partial charge in [-0.1, -0.05) is 10.3 Å². The number of rotatable bonds is 6. The first-order chi connectivity index (χ1) is 19.2. The zero-order valence-corrected chi connectivity index (χ0v) is 31.0. The Morgan fingerprint density at radius 1 is 1.07 bits per heavy atom. The van der Waals surface area contributed by atoms with Crippen LogP contribution in [0.1, 0.15) is 50.2 Å². The van der Waals surface area contributed by atoms with E-state index in [0.717, 1.165) is 6.61 Å². The Labute approximate surface area is 332 Å². The average molecular weight is 657 g/mol. The smallest absolute Gasteiger partial charge is 1.00 e. The van der Waals surface area contributed by atoms with E-state index in [2.05, 4.69) is 33.8 Å². The SMILES string of the molecule is CC(C)(O)COc1ccc2c(C(=O)O)onc2c1.CC1(C)CO1.COC(=O)c1onc2cc(O)ccc12.O=CO[O-].[H-].[K+].[K+]. The number of aromatic nitrogens is 2. The fraction of sp³-hybridized carbons (Fsp3) is 0.346. The van der Waals surface area contributed by atoms with E-state index in [-0.39, 0.29) is 140 Å². The number of carboxylic acid groups (broad SMARTS) is 1. The van der Waals surface area contributed by atoms with Crippen molar-refractivity contribution in [3.05, 3.63) is 47.9 Å². The molecule has 17 heteroatoms. The minimum Gasteiger partial charge on any atom is -1.00 e. The number of carbonyl (C=O) groups excluding carboxylic acids is 2. The molecule has 2 aromatic carbocycles. The molecule has 0 atom stereocenters. The predicted octanol–water partition coefficient (Wildman–Crippen LogP) is -3.65. The van der Waals surface area contributed by atoms with Crippen molar-refractivity contribution in [3.8, 4) is 11.5 Å². The van der Waals surface area contributed by atoms with Gasteiger partial charge in [0.2, 0.25) is 0 Å². The van der Waals surface area contributed by atoms with Gasteiger partial charge in [-0.05, 0) is 52.0 Å². The van der Waals surface area contributed by atoms with Gasteiger partial charge in [-0.2, -0.15) is 0 Å². The second kappa shape index (κ2) is 19.1. The van der Waals surface area contributed by atoms with E-state index in [1.807, 2.05) is 0 Å². The van der Waals surface area contributed by atoms with Crippen LogP contribution in [0.15, 0.2) is 45.4 Å². The monoisotopic (exact) mass is 656 g/mol. The van der Waals surface area contributed by atoms with E-state index in [1.54, 1.807) is 38.1 Å². The molecule has 3 heterocycles. The number of aliphatic hydroxyl groups is 1. The fourth-order valence-electron chi connectivity index (χ4n) is 2.74. The zero-order chi connectivity index (χ0) is 30.8. The largest absolute Gasteiger partial charge is 1.00 e. The molecule has 0 spiro atoms. The van der Waals surface area contributed by atoms with Crippen molar-refractivity contribution in [1.29, 1.82) is 0 Å². The molecule has 0 saturated carbocycles. The molecule has 43 heavy (non-hydrogen) atoms. The third kappa shape index (κ3) is 14.5. The van der Waals surface area contributed by atoms with Gasteiger partial charge in [-0.3, -0.25) is 4.79 Å². The summed E-state index contributed by atoms with van der Waals surface area (Å²) in [6, 6.07) is 9.15. The van der Waals surface area contributed by atoms with Crippen LogP contribution in [0.3, 0.4) is 0 Å². The molecule has 2 aromatic heterocycles. The van der Waals surface area contributed by atoms with Gasteiger partial charge < -0.3 is 50.1 Å². The minimum absolute atomic E-state index is 0. The number of esters is 1. The summed E-state index contributed by atoms with van der Waals surface area (Å²) in [4.78, 5) is 33.2. The molecule has 1 fully saturated rings. The van der Waals surface area contributed by atoms with Gasteiger partial charge >= 0.3 is 115 Å². The Kier molecular flexibility index (Phi) is 18.5. The number of carboxylic acids is 1. The summed E-state index contributed by atoms with van der Waals surface area (Å²) in [5.41, 5.74) is 0.136. The molecule has 5 rings (SSSR count). The molecule has 3 N–H and O–H groups in total. The Bertz CT molecular complexity index is 1480. The molecule has 0 unspecified atom stereocenters. The van der Waals surface area contributed by atoms with E-state index in [9.17, 15) is 14.7 Å². The molecule has 0 bridgehead atoms. The van der Waals surface area contributed by atoms with Crippen LogP contribution in [0.25, 0.3) is 21.8 Å². The van der Waals surface area contributed by atoms with Crippen LogP contribution in [0.2, 0.25) is 0 Å². The first-order valence-electron chi connectivity index (χ1n) is 11.7. The van der Waals surface area contributed by atoms with Crippen molar-refractivity contribution < 1.29 is 167 Å². The molecule has 1 aliphatic heterocycles. The first kappa shape index (κ1) is 41.5. The van der Waals surface area contributed by atoms with E-state index >= 15 is 0 Å². The van der Waals surface area contributed by atoms with Crippen molar-refractivity contribution in [1.82, 2.24) is 10.3 Å². The summed E-state index contributed by atoms with van der Waals surface area (Å²) < 4.78 is 24.3. The number of phenols is 1. The maximum Gasteiger partial charge on any atom is 1.00 e. The molecule has 0 radical (unpaired) electrons. The third-order valence-corrected chi connectivity index (χ3v) is 4.83. The number of phenolic OH excluding ortho intramolecular Hbond substituents is 1. The van der Waals surface area contributed by atoms with Crippen molar-refractivity contribution in [2.45, 2.75) is 38.9 Å². The van der Waals surface area contributed by atoms with Crippen LogP contribution >= 0.6 is 0 Å². The van der Waals surface area contributed by atoms with Gasteiger partial charge in [-0.25, -0.2) is 9.59 Å². The van der Waals surface area contributed by atoms with E-state index in [1.165, 1.54) is 19.2 Å². The van der Waals surface area contributed by atoms with E-state index in [4.69, 9.17) is 38.8 Å². The summed E-state index contributed by atoms with van der Waals surface area (Å²) in [5, 5.41) is 44.2. The van der Waals surface area contributed by atoms with Crippen LogP contribution in [0.5, 0.6) is 11.5 Å². The number of aromatic carboxylic acids is 1.